The van der Waals surface area contributed by atoms with Gasteiger partial charge in [-0.25, -0.2) is 4.98 Å². The maximum atomic E-state index is 12.3. The van der Waals surface area contributed by atoms with Gasteiger partial charge in [0, 0.05) is 29.4 Å². The van der Waals surface area contributed by atoms with Crippen LogP contribution in [-0.2, 0) is 0 Å². The molecule has 0 aliphatic carbocycles. The van der Waals surface area contributed by atoms with Gasteiger partial charge in [0.15, 0.2) is 5.43 Å². The Hall–Kier alpha value is -3.87. The molecule has 4 heterocycles. The normalized spacial score (nSPS) is 11.2. The smallest absolute Gasteiger partial charge is 0.266 e. The number of aromatic amines is 1. The predicted molar refractivity (Wildman–Crippen MR) is 96.4 cm³/mol. The van der Waals surface area contributed by atoms with Crippen molar-refractivity contribution < 1.29 is 4.42 Å². The van der Waals surface area contributed by atoms with E-state index in [9.17, 15) is 4.79 Å². The molecule has 0 amide bonds. The molecule has 0 aliphatic heterocycles. The molecule has 5 rings (SSSR count). The topological polar surface area (TPSA) is 97.6 Å². The first-order valence-corrected chi connectivity index (χ1v) is 7.94. The number of aromatic nitrogens is 5. The van der Waals surface area contributed by atoms with Crippen LogP contribution in [-0.4, -0.2) is 25.1 Å². The fraction of sp³-hybridized carbons (Fsp3) is 0. The fourth-order valence-electron chi connectivity index (χ4n) is 3.00. The predicted octanol–water partition coefficient (Wildman–Crippen LogP) is 3.19. The van der Waals surface area contributed by atoms with E-state index in [4.69, 9.17) is 4.42 Å². The van der Waals surface area contributed by atoms with Crippen LogP contribution in [0.4, 0.5) is 0 Å². The third-order valence-electron chi connectivity index (χ3n) is 4.22. The van der Waals surface area contributed by atoms with E-state index in [1.165, 1.54) is 12.5 Å². The van der Waals surface area contributed by atoms with E-state index in [0.29, 0.717) is 16.7 Å². The molecule has 1 N–H and O–H groups in total. The minimum absolute atomic E-state index is 0.105. The van der Waals surface area contributed by atoms with Gasteiger partial charge < -0.3 is 9.40 Å². The number of rotatable bonds is 2. The molecule has 7 nitrogen and oxygen atoms in total. The summed E-state index contributed by atoms with van der Waals surface area (Å²) in [7, 11) is 0. The molecule has 0 radical (unpaired) electrons. The van der Waals surface area contributed by atoms with Crippen molar-refractivity contribution in [2.45, 2.75) is 0 Å². The van der Waals surface area contributed by atoms with Gasteiger partial charge in [0.2, 0.25) is 6.39 Å². The molecule has 124 valence electrons. The minimum Gasteiger partial charge on any atom is -0.422 e. The number of fused-ring (bicyclic) bond motifs is 2. The SMILES string of the molecule is O=c1cc[nH]c2nc(-c3nnco3)c(-c3ccc4ncccc4c3)cc12. The molecule has 0 unspecified atom stereocenters. The second-order valence-electron chi connectivity index (χ2n) is 5.78. The molecule has 0 spiro atoms. The third kappa shape index (κ3) is 2.26. The van der Waals surface area contributed by atoms with Crippen LogP contribution in [0.5, 0.6) is 0 Å². The average molecular weight is 341 g/mol. The zero-order chi connectivity index (χ0) is 17.5. The highest BCUT2D eigenvalue weighted by Gasteiger charge is 2.17. The summed E-state index contributed by atoms with van der Waals surface area (Å²) in [6, 6.07) is 13.0. The summed E-state index contributed by atoms with van der Waals surface area (Å²) in [4.78, 5) is 24.2. The van der Waals surface area contributed by atoms with Gasteiger partial charge in [0.05, 0.1) is 10.9 Å². The number of hydrogen-bond donors (Lipinski definition) is 1. The zero-order valence-electron chi connectivity index (χ0n) is 13.4. The van der Waals surface area contributed by atoms with Gasteiger partial charge in [0.1, 0.15) is 11.3 Å². The summed E-state index contributed by atoms with van der Waals surface area (Å²) in [5.74, 6) is 0.290. The quantitative estimate of drug-likeness (QED) is 0.529. The Balaban J connectivity index is 1.85. The van der Waals surface area contributed by atoms with E-state index in [1.54, 1.807) is 18.5 Å². The molecule has 0 saturated carbocycles. The molecule has 0 saturated heterocycles. The van der Waals surface area contributed by atoms with Crippen LogP contribution < -0.4 is 5.43 Å². The van der Waals surface area contributed by atoms with E-state index in [2.05, 4.69) is 25.1 Å². The van der Waals surface area contributed by atoms with Gasteiger partial charge in [-0.05, 0) is 29.8 Å². The van der Waals surface area contributed by atoms with Crippen LogP contribution in [0.25, 0.3) is 44.6 Å². The molecular weight excluding hydrogens is 330 g/mol. The Labute approximate surface area is 146 Å². The van der Waals surface area contributed by atoms with Crippen molar-refractivity contribution >= 4 is 21.9 Å². The highest BCUT2D eigenvalue weighted by molar-refractivity contribution is 5.92. The van der Waals surface area contributed by atoms with Crippen LogP contribution in [0.15, 0.2) is 70.5 Å². The van der Waals surface area contributed by atoms with Crippen LogP contribution >= 0.6 is 0 Å². The summed E-state index contributed by atoms with van der Waals surface area (Å²) in [6.07, 6.45) is 4.57. The second-order valence-corrected chi connectivity index (χ2v) is 5.78. The van der Waals surface area contributed by atoms with Crippen LogP contribution in [0.1, 0.15) is 0 Å². The number of pyridine rings is 3. The number of H-pyrrole nitrogens is 1. The molecule has 1 aromatic carbocycles. The number of nitrogens with zero attached hydrogens (tertiary/aromatic N) is 4. The van der Waals surface area contributed by atoms with Crippen LogP contribution in [0.3, 0.4) is 0 Å². The standard InChI is InChI=1S/C19H11N5O2/c25-16-5-7-21-18-14(16)9-13(17(23-18)19-24-22-10-26-19)11-3-4-15-12(8-11)2-1-6-20-15/h1-10H,(H,21,23,25). The molecule has 4 aromatic heterocycles. The summed E-state index contributed by atoms with van der Waals surface area (Å²) in [5.41, 5.74) is 3.40. The highest BCUT2D eigenvalue weighted by Crippen LogP contribution is 2.32. The van der Waals surface area contributed by atoms with Gasteiger partial charge in [0.25, 0.3) is 5.89 Å². The maximum absolute atomic E-state index is 12.3. The molecule has 26 heavy (non-hydrogen) atoms. The van der Waals surface area contributed by atoms with Gasteiger partial charge in [-0.2, -0.15) is 0 Å². The van der Waals surface area contributed by atoms with Crippen molar-refractivity contribution in [2.24, 2.45) is 0 Å². The lowest BCUT2D eigenvalue weighted by molar-refractivity contribution is 0.567. The first-order chi connectivity index (χ1) is 12.8. The molecule has 0 atom stereocenters. The lowest BCUT2D eigenvalue weighted by atomic mass is 10.00. The first kappa shape index (κ1) is 14.5. The van der Waals surface area contributed by atoms with Crippen molar-refractivity contribution in [1.82, 2.24) is 25.1 Å². The number of nitrogens with one attached hydrogen (secondary N) is 1. The first-order valence-electron chi connectivity index (χ1n) is 7.94. The second kappa shape index (κ2) is 5.59. The molecule has 0 aliphatic rings. The van der Waals surface area contributed by atoms with Gasteiger partial charge in [-0.15, -0.1) is 10.2 Å². The van der Waals surface area contributed by atoms with Gasteiger partial charge >= 0.3 is 0 Å². The summed E-state index contributed by atoms with van der Waals surface area (Å²) in [5, 5.41) is 9.21. The molecular formula is C19H11N5O2. The van der Waals surface area contributed by atoms with Crippen molar-refractivity contribution in [1.29, 1.82) is 0 Å². The average Bonchev–Trinajstić information content (AvgIpc) is 3.22. The van der Waals surface area contributed by atoms with E-state index in [0.717, 1.165) is 22.0 Å². The highest BCUT2D eigenvalue weighted by atomic mass is 16.4. The van der Waals surface area contributed by atoms with Crippen molar-refractivity contribution in [3.63, 3.8) is 0 Å². The summed E-state index contributed by atoms with van der Waals surface area (Å²) >= 11 is 0. The monoisotopic (exact) mass is 341 g/mol. The largest absolute Gasteiger partial charge is 0.422 e. The van der Waals surface area contributed by atoms with E-state index in [-0.39, 0.29) is 11.3 Å². The Kier molecular flexibility index (Phi) is 3.11. The Morgan fingerprint density at radius 1 is 1.08 bits per heavy atom. The lowest BCUT2D eigenvalue weighted by Gasteiger charge is -2.09. The summed E-state index contributed by atoms with van der Waals surface area (Å²) < 4.78 is 5.36. The van der Waals surface area contributed by atoms with Gasteiger partial charge in [-0.3, -0.25) is 9.78 Å². The van der Waals surface area contributed by atoms with Crippen LogP contribution in [0.2, 0.25) is 0 Å². The molecule has 5 aromatic rings. The van der Waals surface area contributed by atoms with Crippen molar-refractivity contribution in [3.05, 3.63) is 71.5 Å². The third-order valence-corrected chi connectivity index (χ3v) is 4.22. The van der Waals surface area contributed by atoms with E-state index < -0.39 is 0 Å². The minimum atomic E-state index is -0.105. The molecule has 0 bridgehead atoms. The number of hydrogen-bond acceptors (Lipinski definition) is 6. The Morgan fingerprint density at radius 2 is 2.04 bits per heavy atom. The Morgan fingerprint density at radius 3 is 2.92 bits per heavy atom. The Bertz CT molecular complexity index is 1310. The summed E-state index contributed by atoms with van der Waals surface area (Å²) in [6.45, 7) is 0. The van der Waals surface area contributed by atoms with Crippen LogP contribution in [0, 0.1) is 0 Å². The molecule has 7 heteroatoms. The van der Waals surface area contributed by atoms with Gasteiger partial charge in [-0.1, -0.05) is 12.1 Å². The number of benzene rings is 1. The zero-order valence-corrected chi connectivity index (χ0v) is 13.4. The van der Waals surface area contributed by atoms with Crippen molar-refractivity contribution in [3.8, 4) is 22.7 Å². The molecule has 0 fully saturated rings. The van der Waals surface area contributed by atoms with Crippen molar-refractivity contribution in [2.75, 3.05) is 0 Å². The fourth-order valence-corrected chi connectivity index (χ4v) is 3.00. The van der Waals surface area contributed by atoms with E-state index in [1.807, 2.05) is 30.3 Å². The lowest BCUT2D eigenvalue weighted by Crippen LogP contribution is -2.03. The maximum Gasteiger partial charge on any atom is 0.266 e. The van der Waals surface area contributed by atoms with E-state index >= 15 is 0 Å².